The molecule has 1 aromatic heterocycles. The van der Waals surface area contributed by atoms with Crippen LogP contribution in [0.3, 0.4) is 0 Å². The number of hydrogen-bond donors (Lipinski definition) is 1. The van der Waals surface area contributed by atoms with Crippen molar-refractivity contribution in [2.45, 2.75) is 19.3 Å². The van der Waals surface area contributed by atoms with Gasteiger partial charge in [0.2, 0.25) is 0 Å². The lowest BCUT2D eigenvalue weighted by Gasteiger charge is -1.99. The van der Waals surface area contributed by atoms with Crippen LogP contribution in [0.1, 0.15) is 18.4 Å². The summed E-state index contributed by atoms with van der Waals surface area (Å²) in [6.07, 6.45) is 5.43. The first-order valence-corrected chi connectivity index (χ1v) is 5.67. The van der Waals surface area contributed by atoms with Crippen molar-refractivity contribution < 1.29 is 4.84 Å². The zero-order valence-electron chi connectivity index (χ0n) is 9.65. The maximum Gasteiger partial charge on any atom is 0.0679 e. The van der Waals surface area contributed by atoms with Gasteiger partial charge in [0.1, 0.15) is 0 Å². The van der Waals surface area contributed by atoms with Gasteiger partial charge in [0.15, 0.2) is 0 Å². The summed E-state index contributed by atoms with van der Waals surface area (Å²) in [5.74, 6) is 5.00. The molecule has 2 rings (SSSR count). The highest BCUT2D eigenvalue weighted by atomic mass is 16.6. The van der Waals surface area contributed by atoms with E-state index < -0.39 is 0 Å². The summed E-state index contributed by atoms with van der Waals surface area (Å²) in [5, 5.41) is 1.36. The third-order valence-electron chi connectivity index (χ3n) is 2.94. The Morgan fingerprint density at radius 2 is 2.06 bits per heavy atom. The maximum atomic E-state index is 5.00. The number of hydrogen-bond acceptors (Lipinski definition) is 2. The number of nitrogens with zero attached hydrogens (tertiary/aromatic N) is 1. The first-order chi connectivity index (χ1) is 7.83. The Balaban J connectivity index is 2.12. The second kappa shape index (κ2) is 5.14. The predicted octanol–water partition coefficient (Wildman–Crippen LogP) is 2.39. The zero-order valence-corrected chi connectivity index (χ0v) is 9.65. The Bertz CT molecular complexity index is 462. The van der Waals surface area contributed by atoms with Crippen molar-refractivity contribution in [1.29, 1.82) is 0 Å². The Labute approximate surface area is 95.8 Å². The minimum Gasteiger partial charge on any atom is -0.350 e. The van der Waals surface area contributed by atoms with Gasteiger partial charge in [-0.25, -0.2) is 5.90 Å². The molecule has 0 aliphatic heterocycles. The molecule has 2 aromatic rings. The first kappa shape index (κ1) is 11.2. The Hall–Kier alpha value is -1.32. The van der Waals surface area contributed by atoms with Crippen LogP contribution >= 0.6 is 0 Å². The van der Waals surface area contributed by atoms with Gasteiger partial charge in [0.05, 0.1) is 6.61 Å². The van der Waals surface area contributed by atoms with E-state index in [0.29, 0.717) is 6.61 Å². The molecule has 0 aliphatic carbocycles. The highest BCUT2D eigenvalue weighted by molar-refractivity contribution is 5.83. The summed E-state index contributed by atoms with van der Waals surface area (Å²) < 4.78 is 2.18. The van der Waals surface area contributed by atoms with E-state index in [9.17, 15) is 0 Å². The van der Waals surface area contributed by atoms with Crippen molar-refractivity contribution in [1.82, 2.24) is 4.57 Å². The molecular weight excluding hydrogens is 200 g/mol. The molecule has 86 valence electrons. The average molecular weight is 218 g/mol. The molecule has 0 bridgehead atoms. The van der Waals surface area contributed by atoms with E-state index in [1.165, 1.54) is 16.5 Å². The normalized spacial score (nSPS) is 11.1. The second-order valence-electron chi connectivity index (χ2n) is 4.11. The van der Waals surface area contributed by atoms with Crippen LogP contribution in [0.4, 0.5) is 0 Å². The predicted molar refractivity (Wildman–Crippen MR) is 66.0 cm³/mol. The third kappa shape index (κ3) is 2.26. The third-order valence-corrected chi connectivity index (χ3v) is 2.94. The summed E-state index contributed by atoms with van der Waals surface area (Å²) in [7, 11) is 2.09. The average Bonchev–Trinajstić information content (AvgIpc) is 2.63. The van der Waals surface area contributed by atoms with E-state index in [1.54, 1.807) is 0 Å². The molecule has 3 heteroatoms. The number of aryl methyl sites for hydroxylation is 2. The molecule has 2 N–H and O–H groups in total. The molecule has 0 aliphatic rings. The lowest BCUT2D eigenvalue weighted by molar-refractivity contribution is 0.134. The van der Waals surface area contributed by atoms with E-state index in [1.807, 2.05) is 0 Å². The van der Waals surface area contributed by atoms with Crippen molar-refractivity contribution in [3.8, 4) is 0 Å². The highest BCUT2D eigenvalue weighted by Crippen LogP contribution is 2.21. The second-order valence-corrected chi connectivity index (χ2v) is 4.11. The summed E-state index contributed by atoms with van der Waals surface area (Å²) in [6, 6.07) is 8.51. The molecule has 0 atom stereocenters. The van der Waals surface area contributed by atoms with E-state index in [2.05, 4.69) is 46.9 Å². The smallest absolute Gasteiger partial charge is 0.0679 e. The molecule has 0 fully saturated rings. The molecule has 1 aromatic carbocycles. The molecule has 1 heterocycles. The maximum absolute atomic E-state index is 5.00. The molecular formula is C13H18N2O. The molecule has 3 nitrogen and oxygen atoms in total. The van der Waals surface area contributed by atoms with Crippen molar-refractivity contribution in [2.24, 2.45) is 12.9 Å². The lowest BCUT2D eigenvalue weighted by atomic mass is 10.1. The number of rotatable bonds is 5. The highest BCUT2D eigenvalue weighted by Gasteiger charge is 2.04. The fraction of sp³-hybridized carbons (Fsp3) is 0.385. The SMILES string of the molecule is Cn1cc(CCCCON)c2ccccc21. The molecule has 0 spiro atoms. The van der Waals surface area contributed by atoms with Crippen LogP contribution in [0.25, 0.3) is 10.9 Å². The van der Waals surface area contributed by atoms with Crippen molar-refractivity contribution >= 4 is 10.9 Å². The molecule has 0 saturated heterocycles. The van der Waals surface area contributed by atoms with Gasteiger partial charge in [0, 0.05) is 24.1 Å². The fourth-order valence-electron chi connectivity index (χ4n) is 2.13. The van der Waals surface area contributed by atoms with Gasteiger partial charge < -0.3 is 9.40 Å². The fourth-order valence-corrected chi connectivity index (χ4v) is 2.13. The van der Waals surface area contributed by atoms with Gasteiger partial charge in [-0.1, -0.05) is 18.2 Å². The minimum atomic E-state index is 0.644. The number of aromatic nitrogens is 1. The molecule has 0 saturated carbocycles. The van der Waals surface area contributed by atoms with E-state index in [-0.39, 0.29) is 0 Å². The monoisotopic (exact) mass is 218 g/mol. The zero-order chi connectivity index (χ0) is 11.4. The van der Waals surface area contributed by atoms with Gasteiger partial charge in [-0.05, 0) is 30.9 Å². The molecule has 0 amide bonds. The number of fused-ring (bicyclic) bond motifs is 1. The standard InChI is InChI=1S/C13H18N2O/c1-15-10-11(6-4-5-9-16-14)12-7-2-3-8-13(12)15/h2-3,7-8,10H,4-6,9,14H2,1H3. The summed E-state index contributed by atoms with van der Waals surface area (Å²) in [6.45, 7) is 0.644. The largest absolute Gasteiger partial charge is 0.350 e. The summed E-state index contributed by atoms with van der Waals surface area (Å²) in [4.78, 5) is 4.57. The number of benzene rings is 1. The van der Waals surface area contributed by atoms with Crippen LogP contribution < -0.4 is 5.90 Å². The van der Waals surface area contributed by atoms with Crippen LogP contribution in [0.5, 0.6) is 0 Å². The molecule has 0 unspecified atom stereocenters. The Morgan fingerprint density at radius 1 is 1.25 bits per heavy atom. The van der Waals surface area contributed by atoms with Crippen molar-refractivity contribution in [3.05, 3.63) is 36.0 Å². The van der Waals surface area contributed by atoms with Gasteiger partial charge in [-0.15, -0.1) is 0 Å². The van der Waals surface area contributed by atoms with E-state index in [0.717, 1.165) is 19.3 Å². The van der Waals surface area contributed by atoms with Crippen LogP contribution in [0, 0.1) is 0 Å². The number of unbranched alkanes of at least 4 members (excludes halogenated alkanes) is 1. The van der Waals surface area contributed by atoms with Crippen molar-refractivity contribution in [3.63, 3.8) is 0 Å². The minimum absolute atomic E-state index is 0.644. The van der Waals surface area contributed by atoms with Crippen LogP contribution in [-0.2, 0) is 18.3 Å². The Kier molecular flexibility index (Phi) is 3.59. The first-order valence-electron chi connectivity index (χ1n) is 5.67. The van der Waals surface area contributed by atoms with E-state index in [4.69, 9.17) is 5.90 Å². The molecule has 16 heavy (non-hydrogen) atoms. The van der Waals surface area contributed by atoms with Crippen LogP contribution in [0.15, 0.2) is 30.5 Å². The number of para-hydroxylation sites is 1. The van der Waals surface area contributed by atoms with Crippen LogP contribution in [-0.4, -0.2) is 11.2 Å². The van der Waals surface area contributed by atoms with Crippen LogP contribution in [0.2, 0.25) is 0 Å². The molecule has 0 radical (unpaired) electrons. The lowest BCUT2D eigenvalue weighted by Crippen LogP contribution is -2.00. The van der Waals surface area contributed by atoms with Gasteiger partial charge in [0.25, 0.3) is 0 Å². The quantitative estimate of drug-likeness (QED) is 0.618. The van der Waals surface area contributed by atoms with E-state index >= 15 is 0 Å². The number of nitrogens with two attached hydrogens (primary N) is 1. The summed E-state index contributed by atoms with van der Waals surface area (Å²) >= 11 is 0. The summed E-state index contributed by atoms with van der Waals surface area (Å²) in [5.41, 5.74) is 2.71. The topological polar surface area (TPSA) is 40.2 Å². The van der Waals surface area contributed by atoms with Gasteiger partial charge in [-0.2, -0.15) is 0 Å². The Morgan fingerprint density at radius 3 is 2.88 bits per heavy atom. The van der Waals surface area contributed by atoms with Gasteiger partial charge >= 0.3 is 0 Å². The van der Waals surface area contributed by atoms with Gasteiger partial charge in [-0.3, -0.25) is 0 Å². The van der Waals surface area contributed by atoms with Crippen molar-refractivity contribution in [2.75, 3.05) is 6.61 Å².